The molecule has 1 heterocycles. The molecule has 1 N–H and O–H groups in total. The first-order valence-corrected chi connectivity index (χ1v) is 4.23. The lowest BCUT2D eigenvalue weighted by Crippen LogP contribution is -2.32. The molecule has 0 bridgehead atoms. The molecule has 1 atom stereocenters. The molecule has 0 saturated carbocycles. The van der Waals surface area contributed by atoms with Gasteiger partial charge in [-0.2, -0.15) is 0 Å². The van der Waals surface area contributed by atoms with Crippen molar-refractivity contribution in [3.05, 3.63) is 12.7 Å². The Morgan fingerprint density at radius 3 is 3.18 bits per heavy atom. The molecule has 2 heteroatoms. The Kier molecular flexibility index (Phi) is 3.14. The summed E-state index contributed by atoms with van der Waals surface area (Å²) in [6.45, 7) is 3.66. The molecule has 1 rings (SSSR count). The second-order valence-electron chi connectivity index (χ2n) is 3.03. The number of rotatable bonds is 2. The van der Waals surface area contributed by atoms with Gasteiger partial charge < -0.3 is 5.32 Å². The van der Waals surface area contributed by atoms with Gasteiger partial charge in [-0.1, -0.05) is 12.5 Å². The molecule has 11 heavy (non-hydrogen) atoms. The third-order valence-electron chi connectivity index (χ3n) is 2.02. The Labute approximate surface area is 67.7 Å². The minimum Gasteiger partial charge on any atom is -0.353 e. The number of hydrogen-bond acceptors (Lipinski definition) is 1. The predicted molar refractivity (Wildman–Crippen MR) is 45.2 cm³/mol. The van der Waals surface area contributed by atoms with Crippen LogP contribution in [0.25, 0.3) is 0 Å². The molecule has 0 unspecified atom stereocenters. The van der Waals surface area contributed by atoms with Crippen LogP contribution in [0.15, 0.2) is 12.7 Å². The standard InChI is InChI=1S/C9H15NO/c1-2-5-8-6-3-4-7-9(11)10-8/h2,8H,1,3-7H2,(H,10,11)/t8-/m0/s1. The van der Waals surface area contributed by atoms with Crippen LogP contribution in [0.4, 0.5) is 0 Å². The van der Waals surface area contributed by atoms with E-state index in [1.165, 1.54) is 0 Å². The largest absolute Gasteiger partial charge is 0.353 e. The quantitative estimate of drug-likeness (QED) is 0.600. The van der Waals surface area contributed by atoms with E-state index in [2.05, 4.69) is 11.9 Å². The molecule has 0 radical (unpaired) electrons. The van der Waals surface area contributed by atoms with Crippen molar-refractivity contribution in [1.29, 1.82) is 0 Å². The highest BCUT2D eigenvalue weighted by atomic mass is 16.1. The maximum Gasteiger partial charge on any atom is 0.220 e. The zero-order valence-corrected chi connectivity index (χ0v) is 6.81. The molecule has 0 aromatic heterocycles. The second kappa shape index (κ2) is 4.16. The van der Waals surface area contributed by atoms with Crippen molar-refractivity contribution in [1.82, 2.24) is 5.32 Å². The summed E-state index contributed by atoms with van der Waals surface area (Å²) in [4.78, 5) is 11.0. The van der Waals surface area contributed by atoms with E-state index in [4.69, 9.17) is 0 Å². The van der Waals surface area contributed by atoms with E-state index in [0.717, 1.165) is 25.7 Å². The first kappa shape index (κ1) is 8.31. The van der Waals surface area contributed by atoms with Gasteiger partial charge in [-0.3, -0.25) is 4.79 Å². The van der Waals surface area contributed by atoms with E-state index in [-0.39, 0.29) is 5.91 Å². The SMILES string of the molecule is C=CC[C@H]1CCCCC(=O)N1. The maximum atomic E-state index is 11.0. The Morgan fingerprint density at radius 1 is 1.64 bits per heavy atom. The molecule has 1 aliphatic heterocycles. The van der Waals surface area contributed by atoms with Crippen LogP contribution in [-0.2, 0) is 4.79 Å². The van der Waals surface area contributed by atoms with Gasteiger partial charge in [0.15, 0.2) is 0 Å². The fourth-order valence-electron chi connectivity index (χ4n) is 1.43. The molecular formula is C9H15NO. The van der Waals surface area contributed by atoms with Crippen molar-refractivity contribution >= 4 is 5.91 Å². The summed E-state index contributed by atoms with van der Waals surface area (Å²) in [5, 5.41) is 2.97. The zero-order valence-electron chi connectivity index (χ0n) is 6.81. The van der Waals surface area contributed by atoms with Crippen molar-refractivity contribution in [2.75, 3.05) is 0 Å². The normalized spacial score (nSPS) is 25.5. The average molecular weight is 153 g/mol. The Balaban J connectivity index is 2.38. The van der Waals surface area contributed by atoms with Crippen LogP contribution < -0.4 is 5.32 Å². The van der Waals surface area contributed by atoms with Gasteiger partial charge >= 0.3 is 0 Å². The van der Waals surface area contributed by atoms with E-state index < -0.39 is 0 Å². The van der Waals surface area contributed by atoms with E-state index in [0.29, 0.717) is 12.5 Å². The summed E-state index contributed by atoms with van der Waals surface area (Å²) in [7, 11) is 0. The molecular weight excluding hydrogens is 138 g/mol. The van der Waals surface area contributed by atoms with Gasteiger partial charge in [0, 0.05) is 12.5 Å². The lowest BCUT2D eigenvalue weighted by molar-refractivity contribution is -0.121. The summed E-state index contributed by atoms with van der Waals surface area (Å²) < 4.78 is 0. The highest BCUT2D eigenvalue weighted by molar-refractivity contribution is 5.76. The summed E-state index contributed by atoms with van der Waals surface area (Å²) in [5.74, 6) is 0.203. The lowest BCUT2D eigenvalue weighted by atomic mass is 10.1. The fourth-order valence-corrected chi connectivity index (χ4v) is 1.43. The van der Waals surface area contributed by atoms with E-state index in [9.17, 15) is 4.79 Å². The van der Waals surface area contributed by atoms with Crippen LogP contribution >= 0.6 is 0 Å². The van der Waals surface area contributed by atoms with Crippen molar-refractivity contribution in [2.24, 2.45) is 0 Å². The third-order valence-corrected chi connectivity index (χ3v) is 2.02. The van der Waals surface area contributed by atoms with Gasteiger partial charge in [-0.15, -0.1) is 6.58 Å². The van der Waals surface area contributed by atoms with E-state index >= 15 is 0 Å². The van der Waals surface area contributed by atoms with Gasteiger partial charge in [0.25, 0.3) is 0 Å². The van der Waals surface area contributed by atoms with Crippen LogP contribution in [-0.4, -0.2) is 11.9 Å². The average Bonchev–Trinajstić information content (AvgIpc) is 2.15. The molecule has 0 spiro atoms. The van der Waals surface area contributed by atoms with E-state index in [1.807, 2.05) is 6.08 Å². The van der Waals surface area contributed by atoms with Crippen LogP contribution in [0.5, 0.6) is 0 Å². The zero-order chi connectivity index (χ0) is 8.10. The summed E-state index contributed by atoms with van der Waals surface area (Å²) in [6, 6.07) is 0.350. The third kappa shape index (κ3) is 2.74. The number of amides is 1. The van der Waals surface area contributed by atoms with Crippen molar-refractivity contribution in [2.45, 2.75) is 38.1 Å². The van der Waals surface area contributed by atoms with Gasteiger partial charge in [-0.05, 0) is 19.3 Å². The number of hydrogen-bond donors (Lipinski definition) is 1. The minimum absolute atomic E-state index is 0.203. The lowest BCUT2D eigenvalue weighted by Gasteiger charge is -2.12. The van der Waals surface area contributed by atoms with Crippen LogP contribution in [0.1, 0.15) is 32.1 Å². The highest BCUT2D eigenvalue weighted by Crippen LogP contribution is 2.11. The van der Waals surface area contributed by atoms with Gasteiger partial charge in [-0.25, -0.2) is 0 Å². The molecule has 62 valence electrons. The monoisotopic (exact) mass is 153 g/mol. The highest BCUT2D eigenvalue weighted by Gasteiger charge is 2.13. The predicted octanol–water partition coefficient (Wildman–Crippen LogP) is 1.62. The molecule has 0 aromatic carbocycles. The molecule has 0 aliphatic carbocycles. The number of nitrogens with one attached hydrogen (secondary N) is 1. The van der Waals surface area contributed by atoms with E-state index in [1.54, 1.807) is 0 Å². The Hall–Kier alpha value is -0.790. The molecule has 2 nitrogen and oxygen atoms in total. The topological polar surface area (TPSA) is 29.1 Å². The van der Waals surface area contributed by atoms with Crippen LogP contribution in [0, 0.1) is 0 Å². The smallest absolute Gasteiger partial charge is 0.220 e. The van der Waals surface area contributed by atoms with Crippen molar-refractivity contribution in [3.63, 3.8) is 0 Å². The van der Waals surface area contributed by atoms with Gasteiger partial charge in [0.05, 0.1) is 0 Å². The summed E-state index contributed by atoms with van der Waals surface area (Å²) in [5.41, 5.74) is 0. The fraction of sp³-hybridized carbons (Fsp3) is 0.667. The Bertz CT molecular complexity index is 154. The van der Waals surface area contributed by atoms with Crippen LogP contribution in [0.3, 0.4) is 0 Å². The van der Waals surface area contributed by atoms with Crippen molar-refractivity contribution in [3.8, 4) is 0 Å². The number of carbonyl (C=O) groups is 1. The molecule has 1 fully saturated rings. The second-order valence-corrected chi connectivity index (χ2v) is 3.03. The molecule has 1 amide bonds. The molecule has 1 aliphatic rings. The first-order valence-electron chi connectivity index (χ1n) is 4.23. The number of carbonyl (C=O) groups excluding carboxylic acids is 1. The summed E-state index contributed by atoms with van der Waals surface area (Å²) >= 11 is 0. The first-order chi connectivity index (χ1) is 5.33. The van der Waals surface area contributed by atoms with Gasteiger partial charge in [0.2, 0.25) is 5.91 Å². The minimum atomic E-state index is 0.203. The van der Waals surface area contributed by atoms with Gasteiger partial charge in [0.1, 0.15) is 0 Å². The molecule has 0 aromatic rings. The molecule has 1 saturated heterocycles. The summed E-state index contributed by atoms with van der Waals surface area (Å²) in [6.07, 6.45) is 6.80. The maximum absolute atomic E-state index is 11.0. The van der Waals surface area contributed by atoms with Crippen LogP contribution in [0.2, 0.25) is 0 Å². The Morgan fingerprint density at radius 2 is 2.45 bits per heavy atom. The van der Waals surface area contributed by atoms with Crippen molar-refractivity contribution < 1.29 is 4.79 Å².